The highest BCUT2D eigenvalue weighted by Crippen LogP contribution is 2.16. The summed E-state index contributed by atoms with van der Waals surface area (Å²) in [6.07, 6.45) is 1.10. The molecule has 0 aliphatic rings. The van der Waals surface area contributed by atoms with Crippen LogP contribution >= 0.6 is 15.9 Å². The maximum Gasteiger partial charge on any atom is 0.329 e. The summed E-state index contributed by atoms with van der Waals surface area (Å²) in [4.78, 5) is 33.7. The molecular weight excluding hydrogens is 380 g/mol. The number of carbonyl (C=O) groups is 2. The van der Waals surface area contributed by atoms with E-state index in [1.807, 2.05) is 5.43 Å². The topological polar surface area (TPSA) is 114 Å². The maximum atomic E-state index is 11.7. The fraction of sp³-hybridized carbons (Fsp3) is 0. The van der Waals surface area contributed by atoms with Gasteiger partial charge in [0.15, 0.2) is 0 Å². The van der Waals surface area contributed by atoms with Crippen LogP contribution in [-0.2, 0) is 9.59 Å². The van der Waals surface area contributed by atoms with Crippen molar-refractivity contribution in [3.05, 3.63) is 68.7 Å². The highest BCUT2D eigenvalue weighted by molar-refractivity contribution is 9.10. The molecule has 0 radical (unpaired) electrons. The van der Waals surface area contributed by atoms with Gasteiger partial charge in [0.2, 0.25) is 0 Å². The van der Waals surface area contributed by atoms with E-state index in [4.69, 9.17) is 0 Å². The summed E-state index contributed by atoms with van der Waals surface area (Å²) in [7, 11) is 0. The number of halogens is 1. The predicted octanol–water partition coefficient (Wildman–Crippen LogP) is 2.45. The standard InChI is InChI=1S/C15H11BrN4O4/c16-11-5-3-6-12(8-11)18-14(21)15(22)19-17-9-10-4-1-2-7-13(10)20(23)24/h1-9H,(H,18,21)(H,19,22). The van der Waals surface area contributed by atoms with Crippen molar-refractivity contribution >= 4 is 45.3 Å². The molecule has 2 aromatic carbocycles. The van der Waals surface area contributed by atoms with Gasteiger partial charge < -0.3 is 5.32 Å². The Morgan fingerprint density at radius 1 is 1.12 bits per heavy atom. The van der Waals surface area contributed by atoms with Crippen molar-refractivity contribution in [3.8, 4) is 0 Å². The van der Waals surface area contributed by atoms with Crippen LogP contribution in [0.1, 0.15) is 5.56 Å². The second kappa shape index (κ2) is 7.97. The van der Waals surface area contributed by atoms with Gasteiger partial charge in [-0.3, -0.25) is 19.7 Å². The van der Waals surface area contributed by atoms with Crippen LogP contribution in [0.5, 0.6) is 0 Å². The van der Waals surface area contributed by atoms with Gasteiger partial charge in [-0.2, -0.15) is 5.10 Å². The van der Waals surface area contributed by atoms with Gasteiger partial charge in [-0.1, -0.05) is 34.1 Å². The molecule has 0 heterocycles. The first-order chi connectivity index (χ1) is 11.5. The minimum absolute atomic E-state index is 0.158. The molecule has 9 heteroatoms. The molecule has 0 atom stereocenters. The van der Waals surface area contributed by atoms with E-state index in [-0.39, 0.29) is 11.3 Å². The molecule has 0 saturated heterocycles. The number of nitrogens with zero attached hydrogens (tertiary/aromatic N) is 2. The lowest BCUT2D eigenvalue weighted by Crippen LogP contribution is -2.32. The van der Waals surface area contributed by atoms with Crippen LogP contribution in [0.15, 0.2) is 58.1 Å². The highest BCUT2D eigenvalue weighted by atomic mass is 79.9. The van der Waals surface area contributed by atoms with Gasteiger partial charge in [0.1, 0.15) is 0 Å². The quantitative estimate of drug-likeness (QED) is 0.361. The second-order valence-electron chi connectivity index (χ2n) is 4.48. The summed E-state index contributed by atoms with van der Waals surface area (Å²) in [6, 6.07) is 12.6. The van der Waals surface area contributed by atoms with Gasteiger partial charge in [-0.15, -0.1) is 0 Å². The first kappa shape index (κ1) is 17.3. The van der Waals surface area contributed by atoms with Crippen molar-refractivity contribution in [2.24, 2.45) is 5.10 Å². The third-order valence-electron chi connectivity index (χ3n) is 2.79. The number of nitro benzene ring substituents is 1. The van der Waals surface area contributed by atoms with Gasteiger partial charge in [0, 0.05) is 16.2 Å². The van der Waals surface area contributed by atoms with Crippen LogP contribution in [0.4, 0.5) is 11.4 Å². The molecule has 0 aliphatic heterocycles. The molecule has 2 amide bonds. The summed E-state index contributed by atoms with van der Waals surface area (Å²) < 4.78 is 0.745. The Kier molecular flexibility index (Phi) is 5.74. The lowest BCUT2D eigenvalue weighted by molar-refractivity contribution is -0.385. The summed E-state index contributed by atoms with van der Waals surface area (Å²) in [5.41, 5.74) is 2.50. The molecule has 0 bridgehead atoms. The summed E-state index contributed by atoms with van der Waals surface area (Å²) in [6.45, 7) is 0. The van der Waals surface area contributed by atoms with E-state index in [1.54, 1.807) is 30.3 Å². The number of hydrazone groups is 1. The number of para-hydroxylation sites is 1. The molecule has 122 valence electrons. The van der Waals surface area contributed by atoms with Crippen molar-refractivity contribution in [3.63, 3.8) is 0 Å². The van der Waals surface area contributed by atoms with Crippen LogP contribution in [0.25, 0.3) is 0 Å². The van der Waals surface area contributed by atoms with Crippen molar-refractivity contribution in [1.29, 1.82) is 0 Å². The monoisotopic (exact) mass is 390 g/mol. The first-order valence-electron chi connectivity index (χ1n) is 6.61. The van der Waals surface area contributed by atoms with Gasteiger partial charge in [-0.05, 0) is 24.3 Å². The Bertz CT molecular complexity index is 823. The summed E-state index contributed by atoms with van der Waals surface area (Å²) >= 11 is 3.24. The highest BCUT2D eigenvalue weighted by Gasteiger charge is 2.14. The zero-order valence-corrected chi connectivity index (χ0v) is 13.7. The summed E-state index contributed by atoms with van der Waals surface area (Å²) in [5, 5.41) is 16.8. The van der Waals surface area contributed by atoms with E-state index in [0.717, 1.165) is 10.7 Å². The average molecular weight is 391 g/mol. The second-order valence-corrected chi connectivity index (χ2v) is 5.40. The molecule has 0 spiro atoms. The molecule has 0 saturated carbocycles. The molecule has 2 N–H and O–H groups in total. The molecule has 0 aromatic heterocycles. The first-order valence-corrected chi connectivity index (χ1v) is 7.40. The number of anilines is 1. The van der Waals surface area contributed by atoms with Crippen molar-refractivity contribution in [2.75, 3.05) is 5.32 Å². The number of rotatable bonds is 4. The fourth-order valence-corrected chi connectivity index (χ4v) is 2.13. The van der Waals surface area contributed by atoms with E-state index in [9.17, 15) is 19.7 Å². The largest absolute Gasteiger partial charge is 0.329 e. The molecule has 0 fully saturated rings. The molecule has 0 aliphatic carbocycles. The Morgan fingerprint density at radius 3 is 2.58 bits per heavy atom. The lowest BCUT2D eigenvalue weighted by atomic mass is 10.2. The Hall–Kier alpha value is -3.07. The molecule has 24 heavy (non-hydrogen) atoms. The van der Waals surface area contributed by atoms with Gasteiger partial charge in [0.05, 0.1) is 16.7 Å². The molecule has 2 aromatic rings. The van der Waals surface area contributed by atoms with E-state index >= 15 is 0 Å². The normalized spacial score (nSPS) is 10.4. The summed E-state index contributed by atoms with van der Waals surface area (Å²) in [5.74, 6) is -1.90. The van der Waals surface area contributed by atoms with Crippen molar-refractivity contribution in [1.82, 2.24) is 5.43 Å². The zero-order chi connectivity index (χ0) is 17.5. The Morgan fingerprint density at radius 2 is 1.88 bits per heavy atom. The van der Waals surface area contributed by atoms with Crippen LogP contribution < -0.4 is 10.7 Å². The lowest BCUT2D eigenvalue weighted by Gasteiger charge is -2.04. The van der Waals surface area contributed by atoms with Crippen molar-refractivity contribution in [2.45, 2.75) is 0 Å². The number of hydrogen-bond acceptors (Lipinski definition) is 5. The van der Waals surface area contributed by atoms with Crippen LogP contribution in [-0.4, -0.2) is 23.0 Å². The number of nitro groups is 1. The minimum atomic E-state index is -0.996. The van der Waals surface area contributed by atoms with E-state index in [1.165, 1.54) is 18.2 Å². The number of nitrogens with one attached hydrogen (secondary N) is 2. The zero-order valence-electron chi connectivity index (χ0n) is 12.1. The third-order valence-corrected chi connectivity index (χ3v) is 3.29. The Balaban J connectivity index is 1.98. The van der Waals surface area contributed by atoms with Gasteiger partial charge >= 0.3 is 11.8 Å². The molecule has 8 nitrogen and oxygen atoms in total. The van der Waals surface area contributed by atoms with Gasteiger partial charge in [0.25, 0.3) is 5.69 Å². The Labute approximate surface area is 144 Å². The third kappa shape index (κ3) is 4.71. The van der Waals surface area contributed by atoms with E-state index in [0.29, 0.717) is 5.69 Å². The van der Waals surface area contributed by atoms with Gasteiger partial charge in [-0.25, -0.2) is 5.43 Å². The molecule has 2 rings (SSSR count). The van der Waals surface area contributed by atoms with E-state index < -0.39 is 16.7 Å². The fourth-order valence-electron chi connectivity index (χ4n) is 1.73. The van der Waals surface area contributed by atoms with Crippen molar-refractivity contribution < 1.29 is 14.5 Å². The average Bonchev–Trinajstić information content (AvgIpc) is 2.55. The number of hydrogen-bond donors (Lipinski definition) is 2. The SMILES string of the molecule is O=C(NN=Cc1ccccc1[N+](=O)[O-])C(=O)Nc1cccc(Br)c1. The molecule has 0 unspecified atom stereocenters. The van der Waals surface area contributed by atoms with Crippen LogP contribution in [0, 0.1) is 10.1 Å². The molecular formula is C15H11BrN4O4. The maximum absolute atomic E-state index is 11.7. The van der Waals surface area contributed by atoms with E-state index in [2.05, 4.69) is 26.3 Å². The smallest absolute Gasteiger partial charge is 0.318 e. The number of amides is 2. The number of benzene rings is 2. The minimum Gasteiger partial charge on any atom is -0.318 e. The predicted molar refractivity (Wildman–Crippen MR) is 91.6 cm³/mol. The van der Waals surface area contributed by atoms with Crippen LogP contribution in [0.3, 0.4) is 0 Å². The van der Waals surface area contributed by atoms with Crippen LogP contribution in [0.2, 0.25) is 0 Å². The number of carbonyl (C=O) groups excluding carboxylic acids is 2.